The molecule has 0 radical (unpaired) electrons. The Morgan fingerprint density at radius 2 is 2.00 bits per heavy atom. The third kappa shape index (κ3) is 2.56. The maximum atomic E-state index is 12.1. The molecule has 94 valence electrons. The number of aryl methyl sites for hydroxylation is 1. The van der Waals surface area contributed by atoms with Crippen molar-refractivity contribution in [3.63, 3.8) is 0 Å². The molecule has 0 saturated heterocycles. The highest BCUT2D eigenvalue weighted by Crippen LogP contribution is 2.07. The summed E-state index contributed by atoms with van der Waals surface area (Å²) in [6.45, 7) is 3.38. The van der Waals surface area contributed by atoms with Gasteiger partial charge in [0.15, 0.2) is 0 Å². The third-order valence-corrected chi connectivity index (χ3v) is 2.78. The molecule has 0 unspecified atom stereocenters. The van der Waals surface area contributed by atoms with Crippen LogP contribution in [0.25, 0.3) is 0 Å². The van der Waals surface area contributed by atoms with E-state index in [1.54, 1.807) is 42.7 Å². The van der Waals surface area contributed by atoms with Crippen LogP contribution in [0.5, 0.6) is 0 Å². The number of pyridine rings is 1. The minimum absolute atomic E-state index is 0.0127. The van der Waals surface area contributed by atoms with Gasteiger partial charge in [-0.15, -0.1) is 0 Å². The highest BCUT2D eigenvalue weighted by atomic mass is 16.2. The first-order chi connectivity index (χ1) is 8.72. The van der Waals surface area contributed by atoms with Gasteiger partial charge in [0.25, 0.3) is 5.91 Å². The number of hydrogen-bond donors (Lipinski definition) is 0. The van der Waals surface area contributed by atoms with Crippen molar-refractivity contribution < 1.29 is 4.79 Å². The van der Waals surface area contributed by atoms with Gasteiger partial charge in [-0.25, -0.2) is 0 Å². The minimum Gasteiger partial charge on any atom is -0.336 e. The lowest BCUT2D eigenvalue weighted by Crippen LogP contribution is -2.27. The molecular formula is C13H16N4O. The van der Waals surface area contributed by atoms with Gasteiger partial charge >= 0.3 is 0 Å². The molecule has 0 bridgehead atoms. The number of rotatable bonds is 4. The van der Waals surface area contributed by atoms with Gasteiger partial charge in [0.05, 0.1) is 12.2 Å². The molecule has 0 aliphatic rings. The zero-order valence-electron chi connectivity index (χ0n) is 10.6. The first-order valence-electron chi connectivity index (χ1n) is 5.88. The van der Waals surface area contributed by atoms with E-state index in [4.69, 9.17) is 0 Å². The molecule has 0 aliphatic heterocycles. The molecule has 0 spiro atoms. The first-order valence-corrected chi connectivity index (χ1v) is 5.88. The molecule has 5 heteroatoms. The van der Waals surface area contributed by atoms with Gasteiger partial charge in [-0.05, 0) is 25.1 Å². The maximum absolute atomic E-state index is 12.1. The number of hydrogen-bond acceptors (Lipinski definition) is 3. The molecular weight excluding hydrogens is 228 g/mol. The van der Waals surface area contributed by atoms with Crippen molar-refractivity contribution in [2.75, 3.05) is 7.05 Å². The lowest BCUT2D eigenvalue weighted by atomic mass is 10.2. The van der Waals surface area contributed by atoms with E-state index in [1.807, 2.05) is 17.7 Å². The number of amides is 1. The second kappa shape index (κ2) is 5.44. The van der Waals surface area contributed by atoms with Crippen LogP contribution in [0.3, 0.4) is 0 Å². The lowest BCUT2D eigenvalue weighted by molar-refractivity contribution is 0.0781. The van der Waals surface area contributed by atoms with Crippen molar-refractivity contribution in [2.24, 2.45) is 0 Å². The molecule has 2 aromatic rings. The average Bonchev–Trinajstić information content (AvgIpc) is 2.86. The summed E-state index contributed by atoms with van der Waals surface area (Å²) >= 11 is 0. The summed E-state index contributed by atoms with van der Waals surface area (Å²) in [5, 5.41) is 4.19. The van der Waals surface area contributed by atoms with Gasteiger partial charge in [-0.3, -0.25) is 14.5 Å². The largest absolute Gasteiger partial charge is 0.336 e. The zero-order valence-corrected chi connectivity index (χ0v) is 10.6. The molecule has 0 fully saturated rings. The predicted octanol–water partition coefficient (Wildman–Crippen LogP) is 1.57. The van der Waals surface area contributed by atoms with Gasteiger partial charge in [-0.2, -0.15) is 5.10 Å². The van der Waals surface area contributed by atoms with Crippen LogP contribution in [0.15, 0.2) is 36.8 Å². The predicted molar refractivity (Wildman–Crippen MR) is 67.9 cm³/mol. The highest BCUT2D eigenvalue weighted by molar-refractivity contribution is 5.93. The number of carbonyl (C=O) groups is 1. The van der Waals surface area contributed by atoms with Crippen LogP contribution in [-0.2, 0) is 13.1 Å². The second-order valence-corrected chi connectivity index (χ2v) is 4.04. The quantitative estimate of drug-likeness (QED) is 0.820. The van der Waals surface area contributed by atoms with Gasteiger partial charge in [0.2, 0.25) is 0 Å². The smallest absolute Gasteiger partial charge is 0.254 e. The normalized spacial score (nSPS) is 10.3. The summed E-state index contributed by atoms with van der Waals surface area (Å²) in [6.07, 6.45) is 5.00. The summed E-state index contributed by atoms with van der Waals surface area (Å²) in [6, 6.07) is 5.37. The van der Waals surface area contributed by atoms with Crippen molar-refractivity contribution in [2.45, 2.75) is 20.0 Å². The molecule has 2 heterocycles. The van der Waals surface area contributed by atoms with Crippen molar-refractivity contribution in [1.82, 2.24) is 19.7 Å². The molecule has 1 amide bonds. The Balaban J connectivity index is 2.09. The number of aromatic nitrogens is 3. The van der Waals surface area contributed by atoms with Crippen LogP contribution in [-0.4, -0.2) is 32.6 Å². The number of nitrogens with zero attached hydrogens (tertiary/aromatic N) is 4. The lowest BCUT2D eigenvalue weighted by Gasteiger charge is -2.17. The van der Waals surface area contributed by atoms with E-state index in [9.17, 15) is 4.79 Å². The van der Waals surface area contributed by atoms with Crippen molar-refractivity contribution in [3.8, 4) is 0 Å². The van der Waals surface area contributed by atoms with E-state index in [1.165, 1.54) is 0 Å². The molecule has 0 aliphatic carbocycles. The molecule has 0 aromatic carbocycles. The van der Waals surface area contributed by atoms with Crippen molar-refractivity contribution >= 4 is 5.91 Å². The van der Waals surface area contributed by atoms with E-state index in [-0.39, 0.29) is 5.91 Å². The third-order valence-electron chi connectivity index (χ3n) is 2.78. The van der Waals surface area contributed by atoms with Crippen molar-refractivity contribution in [1.29, 1.82) is 0 Å². The molecule has 2 rings (SSSR count). The molecule has 5 nitrogen and oxygen atoms in total. The van der Waals surface area contributed by atoms with E-state index >= 15 is 0 Å². The Morgan fingerprint density at radius 3 is 2.67 bits per heavy atom. The maximum Gasteiger partial charge on any atom is 0.254 e. The van der Waals surface area contributed by atoms with Crippen LogP contribution in [0, 0.1) is 0 Å². The fraction of sp³-hybridized carbons (Fsp3) is 0.308. The zero-order chi connectivity index (χ0) is 13.0. The van der Waals surface area contributed by atoms with Crippen LogP contribution in [0.2, 0.25) is 0 Å². The topological polar surface area (TPSA) is 51.0 Å². The molecule has 0 atom stereocenters. The molecule has 0 N–H and O–H groups in total. The fourth-order valence-corrected chi connectivity index (χ4v) is 1.81. The average molecular weight is 244 g/mol. The van der Waals surface area contributed by atoms with Gasteiger partial charge < -0.3 is 4.90 Å². The minimum atomic E-state index is -0.0127. The van der Waals surface area contributed by atoms with Crippen LogP contribution in [0.1, 0.15) is 23.0 Å². The van der Waals surface area contributed by atoms with Crippen molar-refractivity contribution in [3.05, 3.63) is 48.0 Å². The monoisotopic (exact) mass is 244 g/mol. The Bertz CT molecular complexity index is 521. The van der Waals surface area contributed by atoms with Crippen LogP contribution in [0.4, 0.5) is 0 Å². The van der Waals surface area contributed by atoms with Gasteiger partial charge in [0, 0.05) is 37.7 Å². The summed E-state index contributed by atoms with van der Waals surface area (Å²) < 4.78 is 1.89. The second-order valence-electron chi connectivity index (χ2n) is 4.04. The first kappa shape index (κ1) is 12.3. The SMILES string of the molecule is CCn1nccc1CN(C)C(=O)c1ccncc1. The van der Waals surface area contributed by atoms with Crippen LogP contribution < -0.4 is 0 Å². The number of carbonyl (C=O) groups excluding carboxylic acids is 1. The standard InChI is InChI=1S/C13H16N4O/c1-3-17-12(6-9-15-17)10-16(2)13(18)11-4-7-14-8-5-11/h4-9H,3,10H2,1-2H3. The fourth-order valence-electron chi connectivity index (χ4n) is 1.81. The molecule has 18 heavy (non-hydrogen) atoms. The van der Waals surface area contributed by atoms with E-state index < -0.39 is 0 Å². The molecule has 0 saturated carbocycles. The Kier molecular flexibility index (Phi) is 3.72. The van der Waals surface area contributed by atoms with E-state index in [2.05, 4.69) is 10.1 Å². The van der Waals surface area contributed by atoms with Crippen LogP contribution >= 0.6 is 0 Å². The summed E-state index contributed by atoms with van der Waals surface area (Å²) in [5.74, 6) is -0.0127. The Labute approximate surface area is 106 Å². The van der Waals surface area contributed by atoms with Gasteiger partial charge in [-0.1, -0.05) is 0 Å². The summed E-state index contributed by atoms with van der Waals surface area (Å²) in [5.41, 5.74) is 1.68. The highest BCUT2D eigenvalue weighted by Gasteiger charge is 2.13. The van der Waals surface area contributed by atoms with Gasteiger partial charge in [0.1, 0.15) is 0 Å². The summed E-state index contributed by atoms with van der Waals surface area (Å²) in [4.78, 5) is 17.7. The molecule has 2 aromatic heterocycles. The van der Waals surface area contributed by atoms with E-state index in [0.29, 0.717) is 12.1 Å². The Hall–Kier alpha value is -2.17. The summed E-state index contributed by atoms with van der Waals surface area (Å²) in [7, 11) is 1.79. The van der Waals surface area contributed by atoms with E-state index in [0.717, 1.165) is 12.2 Å². The Morgan fingerprint density at radius 1 is 1.28 bits per heavy atom.